The number of carbonyl (C=O) groups is 1. The Morgan fingerprint density at radius 3 is 2.64 bits per heavy atom. The van der Waals surface area contributed by atoms with Crippen LogP contribution in [0.5, 0.6) is 0 Å². The van der Waals surface area contributed by atoms with E-state index in [1.54, 1.807) is 0 Å². The van der Waals surface area contributed by atoms with Crippen molar-refractivity contribution in [3.63, 3.8) is 0 Å². The molecule has 0 N–H and O–H groups in total. The molecule has 1 nitrogen and oxygen atoms in total. The first-order chi connectivity index (χ1) is 10.5. The van der Waals surface area contributed by atoms with E-state index < -0.39 is 0 Å². The Morgan fingerprint density at radius 2 is 1.95 bits per heavy atom. The molecule has 1 aromatic carbocycles. The maximum absolute atomic E-state index is 12.0. The van der Waals surface area contributed by atoms with E-state index in [1.807, 2.05) is 6.08 Å². The van der Waals surface area contributed by atoms with Gasteiger partial charge in [-0.25, -0.2) is 0 Å². The Hall–Kier alpha value is -0.790. The van der Waals surface area contributed by atoms with Gasteiger partial charge in [0.1, 0.15) is 0 Å². The molecule has 0 bridgehead atoms. The van der Waals surface area contributed by atoms with E-state index >= 15 is 0 Å². The van der Waals surface area contributed by atoms with Crippen molar-refractivity contribution in [1.29, 1.82) is 0 Å². The van der Waals surface area contributed by atoms with Crippen LogP contribution in [-0.2, 0) is 17.6 Å². The quantitative estimate of drug-likeness (QED) is 0.655. The summed E-state index contributed by atoms with van der Waals surface area (Å²) in [5.74, 6) is 0.222. The smallest absolute Gasteiger partial charge is 0.156 e. The first kappa shape index (κ1) is 16.1. The molecule has 0 amide bonds. The zero-order valence-electron chi connectivity index (χ0n) is 13.3. The normalized spacial score (nSPS) is 23.3. The molecule has 0 saturated carbocycles. The van der Waals surface area contributed by atoms with Gasteiger partial charge < -0.3 is 0 Å². The van der Waals surface area contributed by atoms with Crippen LogP contribution in [0, 0.1) is 5.41 Å². The lowest BCUT2D eigenvalue weighted by Gasteiger charge is -2.33. The minimum absolute atomic E-state index is 0.100. The van der Waals surface area contributed by atoms with Gasteiger partial charge in [-0.1, -0.05) is 56.0 Å². The maximum Gasteiger partial charge on any atom is 0.156 e. The number of ketones is 1. The number of hydrogen-bond donors (Lipinski definition) is 0. The molecule has 0 radical (unpaired) electrons. The van der Waals surface area contributed by atoms with Crippen molar-refractivity contribution in [1.82, 2.24) is 0 Å². The fourth-order valence-electron chi connectivity index (χ4n) is 4.21. The van der Waals surface area contributed by atoms with Crippen LogP contribution in [0.25, 0.3) is 5.57 Å². The zero-order valence-corrected chi connectivity index (χ0v) is 14.8. The van der Waals surface area contributed by atoms with Gasteiger partial charge in [-0.15, -0.1) is 0 Å². The fraction of sp³-hybridized carbons (Fsp3) is 0.526. The van der Waals surface area contributed by atoms with Crippen molar-refractivity contribution in [3.8, 4) is 0 Å². The van der Waals surface area contributed by atoms with Gasteiger partial charge in [0.25, 0.3) is 0 Å². The van der Waals surface area contributed by atoms with Crippen molar-refractivity contribution in [2.24, 2.45) is 5.41 Å². The van der Waals surface area contributed by atoms with E-state index in [-0.39, 0.29) is 11.2 Å². The highest BCUT2D eigenvalue weighted by atomic mass is 35.5. The summed E-state index contributed by atoms with van der Waals surface area (Å²) in [5, 5.41) is 1.33. The van der Waals surface area contributed by atoms with Crippen molar-refractivity contribution >= 4 is 34.6 Å². The van der Waals surface area contributed by atoms with Gasteiger partial charge in [0.05, 0.1) is 10.0 Å². The fourth-order valence-corrected chi connectivity index (χ4v) is 4.80. The van der Waals surface area contributed by atoms with Crippen LogP contribution >= 0.6 is 23.2 Å². The summed E-state index contributed by atoms with van der Waals surface area (Å²) in [6.45, 7) is 4.36. The molecule has 0 saturated heterocycles. The molecule has 1 aromatic rings. The largest absolute Gasteiger partial charge is 0.295 e. The Labute approximate surface area is 142 Å². The zero-order chi connectivity index (χ0) is 15.9. The predicted octanol–water partition coefficient (Wildman–Crippen LogP) is 6.03. The third-order valence-corrected chi connectivity index (χ3v) is 6.04. The molecule has 0 aromatic heterocycles. The topological polar surface area (TPSA) is 17.1 Å². The van der Waals surface area contributed by atoms with Gasteiger partial charge >= 0.3 is 0 Å². The number of hydrogen-bond acceptors (Lipinski definition) is 1. The number of allylic oxidation sites excluding steroid dienone is 2. The highest BCUT2D eigenvalue weighted by Gasteiger charge is 2.45. The van der Waals surface area contributed by atoms with Crippen LogP contribution in [-0.4, -0.2) is 5.78 Å². The lowest BCUT2D eigenvalue weighted by Crippen LogP contribution is -2.25. The Morgan fingerprint density at radius 1 is 1.18 bits per heavy atom. The first-order valence-electron chi connectivity index (χ1n) is 8.27. The lowest BCUT2D eigenvalue weighted by molar-refractivity contribution is -0.115. The molecular formula is C19H22Cl2O. The van der Waals surface area contributed by atoms with Crippen LogP contribution in [0.15, 0.2) is 12.1 Å². The molecule has 3 rings (SSSR count). The molecule has 0 heterocycles. The highest BCUT2D eigenvalue weighted by Crippen LogP contribution is 2.57. The molecule has 0 fully saturated rings. The van der Waals surface area contributed by atoms with Crippen LogP contribution in [0.3, 0.4) is 0 Å². The predicted molar refractivity (Wildman–Crippen MR) is 93.7 cm³/mol. The SMILES string of the molecule is CCCc1cc2c(c(Cl)c1Cl)C1=CC(=O)CCC1(CCC)C2. The minimum Gasteiger partial charge on any atom is -0.295 e. The molecule has 2 aliphatic carbocycles. The monoisotopic (exact) mass is 336 g/mol. The molecule has 3 heteroatoms. The van der Waals surface area contributed by atoms with Gasteiger partial charge in [-0.3, -0.25) is 4.79 Å². The molecule has 118 valence electrons. The van der Waals surface area contributed by atoms with Crippen molar-refractivity contribution in [3.05, 3.63) is 38.9 Å². The van der Waals surface area contributed by atoms with Gasteiger partial charge in [0.15, 0.2) is 5.78 Å². The number of fused-ring (bicyclic) bond motifs is 3. The average molecular weight is 337 g/mol. The number of halogens is 2. The standard InChI is InChI=1S/C19H22Cl2O/c1-3-5-12-9-13-11-19(7-4-2)8-6-14(22)10-15(19)16(13)18(21)17(12)20/h9-10H,3-8,11H2,1-2H3. The van der Waals surface area contributed by atoms with Crippen molar-refractivity contribution in [2.75, 3.05) is 0 Å². The summed E-state index contributed by atoms with van der Waals surface area (Å²) < 4.78 is 0. The Kier molecular flexibility index (Phi) is 4.40. The van der Waals surface area contributed by atoms with Crippen molar-refractivity contribution in [2.45, 2.75) is 58.8 Å². The number of rotatable bonds is 4. The van der Waals surface area contributed by atoms with Gasteiger partial charge in [-0.2, -0.15) is 0 Å². The van der Waals surface area contributed by atoms with Crippen LogP contribution in [0.4, 0.5) is 0 Å². The number of carbonyl (C=O) groups excluding carboxylic acids is 1. The molecule has 0 spiro atoms. The van der Waals surface area contributed by atoms with E-state index in [2.05, 4.69) is 19.9 Å². The second kappa shape index (κ2) is 6.02. The highest BCUT2D eigenvalue weighted by molar-refractivity contribution is 6.44. The Bertz CT molecular complexity index is 660. The molecule has 1 unspecified atom stereocenters. The molecule has 22 heavy (non-hydrogen) atoms. The van der Waals surface area contributed by atoms with Gasteiger partial charge in [0.2, 0.25) is 0 Å². The second-order valence-electron chi connectivity index (χ2n) is 6.68. The lowest BCUT2D eigenvalue weighted by atomic mass is 9.70. The maximum atomic E-state index is 12.0. The third-order valence-electron chi connectivity index (χ3n) is 5.14. The van der Waals surface area contributed by atoms with E-state index in [0.717, 1.165) is 55.2 Å². The summed E-state index contributed by atoms with van der Waals surface area (Å²) in [6.07, 6.45) is 8.67. The molecular weight excluding hydrogens is 315 g/mol. The summed E-state index contributed by atoms with van der Waals surface area (Å²) in [6, 6.07) is 2.23. The minimum atomic E-state index is 0.100. The third kappa shape index (κ3) is 2.43. The van der Waals surface area contributed by atoms with Crippen LogP contribution in [0.1, 0.15) is 62.6 Å². The Balaban J connectivity index is 2.18. The van der Waals surface area contributed by atoms with E-state index in [9.17, 15) is 4.79 Å². The summed E-state index contributed by atoms with van der Waals surface area (Å²) in [4.78, 5) is 12.0. The van der Waals surface area contributed by atoms with Gasteiger partial charge in [-0.05, 0) is 48.5 Å². The van der Waals surface area contributed by atoms with Crippen LogP contribution in [0.2, 0.25) is 10.0 Å². The summed E-state index contributed by atoms with van der Waals surface area (Å²) in [7, 11) is 0. The van der Waals surface area contributed by atoms with Crippen LogP contribution < -0.4 is 0 Å². The van der Waals surface area contributed by atoms with E-state index in [1.165, 1.54) is 5.56 Å². The average Bonchev–Trinajstić information content (AvgIpc) is 2.79. The first-order valence-corrected chi connectivity index (χ1v) is 9.03. The summed E-state index contributed by atoms with van der Waals surface area (Å²) >= 11 is 13.1. The summed E-state index contributed by atoms with van der Waals surface area (Å²) in [5.41, 5.74) is 4.73. The second-order valence-corrected chi connectivity index (χ2v) is 7.44. The molecule has 0 aliphatic heterocycles. The number of aryl methyl sites for hydroxylation is 1. The van der Waals surface area contributed by atoms with Crippen molar-refractivity contribution < 1.29 is 4.79 Å². The molecule has 2 aliphatic rings. The van der Waals surface area contributed by atoms with E-state index in [0.29, 0.717) is 16.5 Å². The molecule has 1 atom stereocenters. The van der Waals surface area contributed by atoms with E-state index in [4.69, 9.17) is 23.2 Å². The number of benzene rings is 1. The van der Waals surface area contributed by atoms with Gasteiger partial charge in [0, 0.05) is 17.4 Å².